The summed E-state index contributed by atoms with van der Waals surface area (Å²) >= 11 is 0. The molecule has 0 saturated carbocycles. The summed E-state index contributed by atoms with van der Waals surface area (Å²) in [6.45, 7) is 5.18. The van der Waals surface area contributed by atoms with Crippen molar-refractivity contribution < 1.29 is 0 Å². The smallest absolute Gasteiger partial charge is 0.129 e. The van der Waals surface area contributed by atoms with Crippen molar-refractivity contribution in [2.45, 2.75) is 26.4 Å². The van der Waals surface area contributed by atoms with Crippen LogP contribution < -0.4 is 16.2 Å². The minimum atomic E-state index is 0.379. The number of nitrogen functional groups attached to an aromatic ring is 1. The molecule has 0 radical (unpaired) electrons. The maximum atomic E-state index is 5.36. The van der Waals surface area contributed by atoms with E-state index >= 15 is 0 Å². The molecule has 2 rings (SSSR count). The summed E-state index contributed by atoms with van der Waals surface area (Å²) in [6, 6.07) is 14.7. The molecule has 4 nitrogen and oxygen atoms in total. The van der Waals surface area contributed by atoms with Crippen molar-refractivity contribution in [2.24, 2.45) is 5.84 Å². The molecule has 2 aromatic rings. The minimum Gasteiger partial charge on any atom is -0.350 e. The molecule has 3 N–H and O–H groups in total. The van der Waals surface area contributed by atoms with Gasteiger partial charge in [-0.25, -0.2) is 4.98 Å². The van der Waals surface area contributed by atoms with E-state index in [9.17, 15) is 0 Å². The van der Waals surface area contributed by atoms with Gasteiger partial charge in [0.15, 0.2) is 0 Å². The van der Waals surface area contributed by atoms with Gasteiger partial charge in [-0.2, -0.15) is 0 Å². The first-order valence-corrected chi connectivity index (χ1v) is 6.44. The zero-order valence-electron chi connectivity index (χ0n) is 11.4. The van der Waals surface area contributed by atoms with Crippen LogP contribution in [0.5, 0.6) is 0 Å². The monoisotopic (exact) mass is 256 g/mol. The quantitative estimate of drug-likeness (QED) is 0.638. The van der Waals surface area contributed by atoms with Crippen LogP contribution in [-0.4, -0.2) is 11.0 Å². The summed E-state index contributed by atoms with van der Waals surface area (Å²) < 4.78 is 0. The largest absolute Gasteiger partial charge is 0.350 e. The van der Waals surface area contributed by atoms with Gasteiger partial charge in [-0.3, -0.25) is 5.84 Å². The van der Waals surface area contributed by atoms with Crippen molar-refractivity contribution in [1.82, 2.24) is 4.98 Å². The SMILES string of the molecule is CC(C)N(Cc1ccccc1)c1ccc(NN)cn1. The van der Waals surface area contributed by atoms with Crippen LogP contribution in [0.1, 0.15) is 19.4 Å². The number of nitrogens with zero attached hydrogens (tertiary/aromatic N) is 2. The molecular formula is C15H20N4. The average Bonchev–Trinajstić information content (AvgIpc) is 2.46. The van der Waals surface area contributed by atoms with Crippen LogP contribution in [0.2, 0.25) is 0 Å². The third kappa shape index (κ3) is 3.45. The number of anilines is 2. The molecule has 0 aliphatic rings. The Kier molecular flexibility index (Phi) is 4.36. The normalized spacial score (nSPS) is 10.5. The van der Waals surface area contributed by atoms with Crippen LogP contribution in [0.4, 0.5) is 11.5 Å². The summed E-state index contributed by atoms with van der Waals surface area (Å²) in [5, 5.41) is 0. The molecule has 0 aliphatic carbocycles. The van der Waals surface area contributed by atoms with Gasteiger partial charge in [-0.05, 0) is 31.5 Å². The van der Waals surface area contributed by atoms with Crippen molar-refractivity contribution in [1.29, 1.82) is 0 Å². The lowest BCUT2D eigenvalue weighted by atomic mass is 10.2. The van der Waals surface area contributed by atoms with Crippen molar-refractivity contribution >= 4 is 11.5 Å². The van der Waals surface area contributed by atoms with Crippen molar-refractivity contribution in [3.63, 3.8) is 0 Å². The fourth-order valence-corrected chi connectivity index (χ4v) is 1.95. The van der Waals surface area contributed by atoms with Gasteiger partial charge in [0.05, 0.1) is 11.9 Å². The van der Waals surface area contributed by atoms with E-state index < -0.39 is 0 Å². The predicted molar refractivity (Wildman–Crippen MR) is 79.8 cm³/mol. The first-order chi connectivity index (χ1) is 9.20. The van der Waals surface area contributed by atoms with E-state index in [2.05, 4.69) is 53.4 Å². The predicted octanol–water partition coefficient (Wildman–Crippen LogP) is 2.78. The van der Waals surface area contributed by atoms with E-state index in [1.807, 2.05) is 18.2 Å². The third-order valence-electron chi connectivity index (χ3n) is 3.03. The highest BCUT2D eigenvalue weighted by Gasteiger charge is 2.12. The van der Waals surface area contributed by atoms with Crippen molar-refractivity contribution in [3.8, 4) is 0 Å². The number of nitrogens with one attached hydrogen (secondary N) is 1. The third-order valence-corrected chi connectivity index (χ3v) is 3.03. The highest BCUT2D eigenvalue weighted by molar-refractivity contribution is 5.48. The van der Waals surface area contributed by atoms with E-state index in [4.69, 9.17) is 5.84 Å². The van der Waals surface area contributed by atoms with Gasteiger partial charge >= 0.3 is 0 Å². The van der Waals surface area contributed by atoms with Gasteiger partial charge in [0.2, 0.25) is 0 Å². The van der Waals surface area contributed by atoms with Crippen LogP contribution in [-0.2, 0) is 6.54 Å². The lowest BCUT2D eigenvalue weighted by Crippen LogP contribution is -2.30. The summed E-state index contributed by atoms with van der Waals surface area (Å²) in [5.41, 5.74) is 4.68. The molecule has 1 aromatic carbocycles. The van der Waals surface area contributed by atoms with Gasteiger partial charge in [-0.1, -0.05) is 30.3 Å². The molecule has 0 spiro atoms. The second kappa shape index (κ2) is 6.20. The van der Waals surface area contributed by atoms with Crippen molar-refractivity contribution in [3.05, 3.63) is 54.2 Å². The second-order valence-corrected chi connectivity index (χ2v) is 4.76. The Morgan fingerprint density at radius 2 is 1.89 bits per heavy atom. The molecule has 4 heteroatoms. The average molecular weight is 256 g/mol. The number of hydrazine groups is 1. The number of hydrogen-bond acceptors (Lipinski definition) is 4. The summed E-state index contributed by atoms with van der Waals surface area (Å²) in [6.07, 6.45) is 1.75. The fourth-order valence-electron chi connectivity index (χ4n) is 1.95. The fraction of sp³-hybridized carbons (Fsp3) is 0.267. The Labute approximate surface area is 114 Å². The number of rotatable bonds is 5. The van der Waals surface area contributed by atoms with E-state index in [1.165, 1.54) is 5.56 Å². The van der Waals surface area contributed by atoms with Crippen LogP contribution in [0.15, 0.2) is 48.7 Å². The number of hydrogen-bond donors (Lipinski definition) is 2. The molecule has 1 aromatic heterocycles. The van der Waals surface area contributed by atoms with Gasteiger partial charge in [0.1, 0.15) is 5.82 Å². The molecule has 1 heterocycles. The molecule has 0 atom stereocenters. The highest BCUT2D eigenvalue weighted by Crippen LogP contribution is 2.19. The lowest BCUT2D eigenvalue weighted by molar-refractivity contribution is 0.672. The van der Waals surface area contributed by atoms with Gasteiger partial charge < -0.3 is 10.3 Å². The molecule has 0 bridgehead atoms. The summed E-state index contributed by atoms with van der Waals surface area (Å²) in [4.78, 5) is 6.71. The Morgan fingerprint density at radius 1 is 1.16 bits per heavy atom. The molecule has 19 heavy (non-hydrogen) atoms. The Hall–Kier alpha value is -2.07. The zero-order chi connectivity index (χ0) is 13.7. The Bertz CT molecular complexity index is 493. The molecule has 0 saturated heterocycles. The first-order valence-electron chi connectivity index (χ1n) is 6.44. The molecule has 0 amide bonds. The summed E-state index contributed by atoms with van der Waals surface area (Å²) in [5.74, 6) is 6.31. The maximum absolute atomic E-state index is 5.36. The number of pyridine rings is 1. The standard InChI is InChI=1S/C15H20N4/c1-12(2)19(11-13-6-4-3-5-7-13)15-9-8-14(18-16)10-17-15/h3-10,12,18H,11,16H2,1-2H3. The highest BCUT2D eigenvalue weighted by atomic mass is 15.2. The van der Waals surface area contributed by atoms with Crippen LogP contribution in [0.3, 0.4) is 0 Å². The topological polar surface area (TPSA) is 54.2 Å². The Balaban J connectivity index is 2.19. The molecule has 0 unspecified atom stereocenters. The van der Waals surface area contributed by atoms with Crippen LogP contribution in [0, 0.1) is 0 Å². The minimum absolute atomic E-state index is 0.379. The maximum Gasteiger partial charge on any atom is 0.129 e. The Morgan fingerprint density at radius 3 is 2.42 bits per heavy atom. The number of nitrogens with two attached hydrogens (primary N) is 1. The van der Waals surface area contributed by atoms with Gasteiger partial charge in [0.25, 0.3) is 0 Å². The first kappa shape index (κ1) is 13.4. The number of benzene rings is 1. The lowest BCUT2D eigenvalue weighted by Gasteiger charge is -2.28. The zero-order valence-corrected chi connectivity index (χ0v) is 11.4. The molecule has 0 fully saturated rings. The van der Waals surface area contributed by atoms with E-state index in [1.54, 1.807) is 6.20 Å². The van der Waals surface area contributed by atoms with Crippen LogP contribution >= 0.6 is 0 Å². The van der Waals surface area contributed by atoms with E-state index in [0.29, 0.717) is 6.04 Å². The van der Waals surface area contributed by atoms with Crippen LogP contribution in [0.25, 0.3) is 0 Å². The van der Waals surface area contributed by atoms with E-state index in [-0.39, 0.29) is 0 Å². The van der Waals surface area contributed by atoms with E-state index in [0.717, 1.165) is 18.1 Å². The van der Waals surface area contributed by atoms with Gasteiger partial charge in [0, 0.05) is 12.6 Å². The molecule has 100 valence electrons. The van der Waals surface area contributed by atoms with Crippen molar-refractivity contribution in [2.75, 3.05) is 10.3 Å². The molecule has 0 aliphatic heterocycles. The second-order valence-electron chi connectivity index (χ2n) is 4.76. The van der Waals surface area contributed by atoms with Gasteiger partial charge in [-0.15, -0.1) is 0 Å². The number of aromatic nitrogens is 1. The molecular weight excluding hydrogens is 236 g/mol. The summed E-state index contributed by atoms with van der Waals surface area (Å²) in [7, 11) is 0.